The predicted molar refractivity (Wildman–Crippen MR) is 112 cm³/mol. The molecule has 2 N–H and O–H groups in total. The molecule has 2 aliphatic heterocycles. The second kappa shape index (κ2) is 7.72. The molecule has 3 fully saturated rings. The molecule has 1 saturated carbocycles. The molecular weight excluding hydrogens is 368 g/mol. The molecule has 0 spiro atoms. The Bertz CT molecular complexity index is 765. The SMILES string of the molecule is Cn1nc(C2CC2)cc1NC(=O)CN1CC2CCC(C1)N2CC(=O)NC(C)(C)C. The third-order valence-electron chi connectivity index (χ3n) is 6.08. The van der Waals surface area contributed by atoms with Gasteiger partial charge in [0.15, 0.2) is 0 Å². The topological polar surface area (TPSA) is 82.5 Å². The number of aryl methyl sites for hydroxylation is 1. The number of piperazine rings is 1. The van der Waals surface area contributed by atoms with Crippen LogP contribution in [0.5, 0.6) is 0 Å². The van der Waals surface area contributed by atoms with Crippen LogP contribution in [-0.4, -0.2) is 75.2 Å². The van der Waals surface area contributed by atoms with E-state index >= 15 is 0 Å². The molecular formula is C21H34N6O2. The van der Waals surface area contributed by atoms with Crippen LogP contribution >= 0.6 is 0 Å². The molecule has 3 heterocycles. The number of nitrogens with zero attached hydrogens (tertiary/aromatic N) is 4. The Labute approximate surface area is 173 Å². The van der Waals surface area contributed by atoms with Gasteiger partial charge in [-0.1, -0.05) is 0 Å². The van der Waals surface area contributed by atoms with Gasteiger partial charge in [-0.15, -0.1) is 0 Å². The number of amides is 2. The zero-order valence-corrected chi connectivity index (χ0v) is 18.1. The van der Waals surface area contributed by atoms with Crippen molar-refractivity contribution < 1.29 is 9.59 Å². The highest BCUT2D eigenvalue weighted by Crippen LogP contribution is 2.40. The number of carbonyl (C=O) groups is 2. The molecule has 29 heavy (non-hydrogen) atoms. The Balaban J connectivity index is 1.28. The fourth-order valence-corrected chi connectivity index (χ4v) is 4.66. The number of likely N-dealkylation sites (tertiary alicyclic amines) is 1. The Morgan fingerprint density at radius 2 is 1.72 bits per heavy atom. The number of hydrogen-bond acceptors (Lipinski definition) is 5. The van der Waals surface area contributed by atoms with Crippen molar-refractivity contribution in [3.8, 4) is 0 Å². The van der Waals surface area contributed by atoms with Gasteiger partial charge in [0.05, 0.1) is 18.8 Å². The van der Waals surface area contributed by atoms with Crippen LogP contribution in [0.3, 0.4) is 0 Å². The maximum atomic E-state index is 12.6. The van der Waals surface area contributed by atoms with Crippen molar-refractivity contribution in [2.24, 2.45) is 7.05 Å². The van der Waals surface area contributed by atoms with Gasteiger partial charge in [-0.25, -0.2) is 0 Å². The minimum Gasteiger partial charge on any atom is -0.350 e. The minimum atomic E-state index is -0.207. The predicted octanol–water partition coefficient (Wildman–Crippen LogP) is 1.30. The summed E-state index contributed by atoms with van der Waals surface area (Å²) < 4.78 is 1.76. The lowest BCUT2D eigenvalue weighted by Crippen LogP contribution is -2.58. The van der Waals surface area contributed by atoms with E-state index in [1.807, 2.05) is 33.9 Å². The van der Waals surface area contributed by atoms with Crippen LogP contribution in [-0.2, 0) is 16.6 Å². The lowest BCUT2D eigenvalue weighted by Gasteiger charge is -2.40. The van der Waals surface area contributed by atoms with Crippen LogP contribution in [0.25, 0.3) is 0 Å². The van der Waals surface area contributed by atoms with Gasteiger partial charge >= 0.3 is 0 Å². The molecule has 160 valence electrons. The lowest BCUT2D eigenvalue weighted by molar-refractivity contribution is -0.126. The highest BCUT2D eigenvalue weighted by Gasteiger charge is 2.41. The van der Waals surface area contributed by atoms with Gasteiger partial charge < -0.3 is 10.6 Å². The van der Waals surface area contributed by atoms with Gasteiger partial charge in [0.2, 0.25) is 11.8 Å². The monoisotopic (exact) mass is 402 g/mol. The molecule has 8 heteroatoms. The highest BCUT2D eigenvalue weighted by molar-refractivity contribution is 5.91. The van der Waals surface area contributed by atoms with Crippen molar-refractivity contribution in [1.29, 1.82) is 0 Å². The number of nitrogens with one attached hydrogen (secondary N) is 2. The van der Waals surface area contributed by atoms with Crippen LogP contribution in [0, 0.1) is 0 Å². The lowest BCUT2D eigenvalue weighted by atomic mass is 10.1. The van der Waals surface area contributed by atoms with Crippen LogP contribution < -0.4 is 10.6 Å². The molecule has 8 nitrogen and oxygen atoms in total. The Kier molecular flexibility index (Phi) is 5.42. The maximum absolute atomic E-state index is 12.6. The van der Waals surface area contributed by atoms with Crippen LogP contribution in [0.15, 0.2) is 6.07 Å². The molecule has 3 aliphatic rings. The molecule has 1 aromatic heterocycles. The smallest absolute Gasteiger partial charge is 0.239 e. The van der Waals surface area contributed by atoms with Gasteiger partial charge in [0.1, 0.15) is 5.82 Å². The number of hydrogen-bond donors (Lipinski definition) is 2. The standard InChI is InChI=1S/C21H34N6O2/c1-21(2,3)23-20(29)13-27-15-7-8-16(27)11-26(10-15)12-19(28)22-18-9-17(14-5-6-14)24-25(18)4/h9,14-16H,5-8,10-13H2,1-4H3,(H,22,28)(H,23,29). The van der Waals surface area contributed by atoms with E-state index in [9.17, 15) is 9.59 Å². The third kappa shape index (κ3) is 4.98. The number of carbonyl (C=O) groups excluding carboxylic acids is 2. The van der Waals surface area contributed by atoms with E-state index in [2.05, 4.69) is 25.5 Å². The van der Waals surface area contributed by atoms with Crippen LogP contribution in [0.2, 0.25) is 0 Å². The summed E-state index contributed by atoms with van der Waals surface area (Å²) in [7, 11) is 1.88. The number of aromatic nitrogens is 2. The highest BCUT2D eigenvalue weighted by atomic mass is 16.2. The van der Waals surface area contributed by atoms with Crippen LogP contribution in [0.4, 0.5) is 5.82 Å². The first-order valence-electron chi connectivity index (χ1n) is 10.8. The number of fused-ring (bicyclic) bond motifs is 2. The molecule has 0 radical (unpaired) electrons. The first-order valence-corrected chi connectivity index (χ1v) is 10.8. The zero-order valence-electron chi connectivity index (χ0n) is 18.1. The summed E-state index contributed by atoms with van der Waals surface area (Å²) in [5.41, 5.74) is 0.879. The summed E-state index contributed by atoms with van der Waals surface area (Å²) in [5.74, 6) is 1.44. The van der Waals surface area contributed by atoms with E-state index < -0.39 is 0 Å². The summed E-state index contributed by atoms with van der Waals surface area (Å²) in [5, 5.41) is 10.6. The van der Waals surface area contributed by atoms with Gasteiger partial charge in [0, 0.05) is 49.7 Å². The van der Waals surface area contributed by atoms with E-state index in [-0.39, 0.29) is 17.4 Å². The number of anilines is 1. The molecule has 2 unspecified atom stereocenters. The Morgan fingerprint density at radius 1 is 1.07 bits per heavy atom. The molecule has 2 bridgehead atoms. The number of rotatable bonds is 6. The van der Waals surface area contributed by atoms with Crippen molar-refractivity contribution in [1.82, 2.24) is 24.9 Å². The minimum absolute atomic E-state index is 0.00803. The first-order chi connectivity index (χ1) is 13.7. The second-order valence-corrected chi connectivity index (χ2v) is 9.95. The van der Waals surface area contributed by atoms with Crippen molar-refractivity contribution in [2.45, 2.75) is 70.0 Å². The van der Waals surface area contributed by atoms with Gasteiger partial charge in [0.25, 0.3) is 0 Å². The zero-order chi connectivity index (χ0) is 20.8. The van der Waals surface area contributed by atoms with Gasteiger partial charge in [-0.05, 0) is 46.5 Å². The third-order valence-corrected chi connectivity index (χ3v) is 6.08. The van der Waals surface area contributed by atoms with Crippen molar-refractivity contribution in [3.63, 3.8) is 0 Å². The second-order valence-electron chi connectivity index (χ2n) is 9.95. The van der Waals surface area contributed by atoms with E-state index in [4.69, 9.17) is 0 Å². The summed E-state index contributed by atoms with van der Waals surface area (Å²) in [6.45, 7) is 8.53. The summed E-state index contributed by atoms with van der Waals surface area (Å²) in [6.07, 6.45) is 4.59. The van der Waals surface area contributed by atoms with Crippen LogP contribution in [0.1, 0.15) is 58.1 Å². The average molecular weight is 403 g/mol. The van der Waals surface area contributed by atoms with Gasteiger partial charge in [-0.3, -0.25) is 24.1 Å². The molecule has 1 aliphatic carbocycles. The Hall–Kier alpha value is -1.93. The molecule has 4 rings (SSSR count). The molecule has 0 aromatic carbocycles. The summed E-state index contributed by atoms with van der Waals surface area (Å²) in [4.78, 5) is 29.5. The normalized spacial score (nSPS) is 25.2. The van der Waals surface area contributed by atoms with E-state index in [1.54, 1.807) is 4.68 Å². The molecule has 2 atom stereocenters. The summed E-state index contributed by atoms with van der Waals surface area (Å²) >= 11 is 0. The van der Waals surface area contributed by atoms with Crippen molar-refractivity contribution in [2.75, 3.05) is 31.5 Å². The average Bonchev–Trinajstić information content (AvgIpc) is 3.34. The fourth-order valence-electron chi connectivity index (χ4n) is 4.66. The van der Waals surface area contributed by atoms with Crippen molar-refractivity contribution >= 4 is 17.6 Å². The quantitative estimate of drug-likeness (QED) is 0.750. The van der Waals surface area contributed by atoms with Crippen molar-refractivity contribution in [3.05, 3.63) is 11.8 Å². The fraction of sp³-hybridized carbons (Fsp3) is 0.762. The molecule has 2 saturated heterocycles. The molecule has 1 aromatic rings. The van der Waals surface area contributed by atoms with Gasteiger partial charge in [-0.2, -0.15) is 5.10 Å². The Morgan fingerprint density at radius 3 is 2.31 bits per heavy atom. The first kappa shape index (κ1) is 20.3. The van der Waals surface area contributed by atoms with E-state index in [1.165, 1.54) is 12.8 Å². The largest absolute Gasteiger partial charge is 0.350 e. The maximum Gasteiger partial charge on any atom is 0.239 e. The summed E-state index contributed by atoms with van der Waals surface area (Å²) in [6, 6.07) is 2.71. The van der Waals surface area contributed by atoms with E-state index in [0.717, 1.165) is 37.4 Å². The van der Waals surface area contributed by atoms with E-state index in [0.29, 0.717) is 31.1 Å². The molecule has 2 amide bonds.